The van der Waals surface area contributed by atoms with Gasteiger partial charge in [0.15, 0.2) is 0 Å². The summed E-state index contributed by atoms with van der Waals surface area (Å²) in [6.45, 7) is 4.01. The number of carboxylic acid groups (broad SMARTS) is 1. The standard InChI is InChI=1S/C5H10NO2/c1-3-4-6(2)5(7)8/h1,3-4H2,2H3,(H,7,8). The summed E-state index contributed by atoms with van der Waals surface area (Å²) in [4.78, 5) is 11.2. The van der Waals surface area contributed by atoms with Crippen LogP contribution in [0.3, 0.4) is 0 Å². The Bertz CT molecular complexity index is 82.5. The summed E-state index contributed by atoms with van der Waals surface area (Å²) in [6.07, 6.45) is -0.267. The van der Waals surface area contributed by atoms with Gasteiger partial charge in [-0.05, 0) is 6.42 Å². The van der Waals surface area contributed by atoms with E-state index in [9.17, 15) is 4.79 Å². The Balaban J connectivity index is 3.32. The van der Waals surface area contributed by atoms with Crippen molar-refractivity contribution in [2.45, 2.75) is 6.42 Å². The molecule has 3 nitrogen and oxygen atoms in total. The Morgan fingerprint density at radius 3 is 2.50 bits per heavy atom. The molecule has 0 aliphatic heterocycles. The third-order valence-corrected chi connectivity index (χ3v) is 0.820. The van der Waals surface area contributed by atoms with Gasteiger partial charge in [-0.3, -0.25) is 0 Å². The van der Waals surface area contributed by atoms with Gasteiger partial charge < -0.3 is 10.0 Å². The lowest BCUT2D eigenvalue weighted by atomic mass is 10.5. The molecule has 1 amide bonds. The minimum Gasteiger partial charge on any atom is -0.465 e. The Morgan fingerprint density at radius 2 is 2.38 bits per heavy atom. The van der Waals surface area contributed by atoms with Gasteiger partial charge in [-0.25, -0.2) is 4.79 Å². The molecule has 3 heteroatoms. The van der Waals surface area contributed by atoms with Gasteiger partial charge in [0.1, 0.15) is 0 Å². The van der Waals surface area contributed by atoms with Crippen LogP contribution in [0.4, 0.5) is 4.79 Å². The smallest absolute Gasteiger partial charge is 0.407 e. The van der Waals surface area contributed by atoms with E-state index in [1.807, 2.05) is 0 Å². The molecule has 1 N–H and O–H groups in total. The van der Waals surface area contributed by atoms with E-state index in [1.54, 1.807) is 0 Å². The lowest BCUT2D eigenvalue weighted by molar-refractivity contribution is 0.156. The zero-order chi connectivity index (χ0) is 6.57. The summed E-state index contributed by atoms with van der Waals surface area (Å²) in [5.74, 6) is 0. The van der Waals surface area contributed by atoms with Crippen LogP contribution in [0.1, 0.15) is 6.42 Å². The van der Waals surface area contributed by atoms with Crippen LogP contribution in [0.2, 0.25) is 0 Å². The van der Waals surface area contributed by atoms with Gasteiger partial charge in [0.05, 0.1) is 0 Å². The second kappa shape index (κ2) is 3.29. The van der Waals surface area contributed by atoms with Crippen LogP contribution < -0.4 is 0 Å². The van der Waals surface area contributed by atoms with Gasteiger partial charge in [0, 0.05) is 13.6 Å². The first kappa shape index (κ1) is 7.27. The summed E-state index contributed by atoms with van der Waals surface area (Å²) in [6, 6.07) is 0. The predicted octanol–water partition coefficient (Wildman–Crippen LogP) is 0.820. The Hall–Kier alpha value is -0.730. The van der Waals surface area contributed by atoms with Gasteiger partial charge in [-0.15, -0.1) is 0 Å². The lowest BCUT2D eigenvalue weighted by Crippen LogP contribution is -2.25. The fourth-order valence-electron chi connectivity index (χ4n) is 0.333. The first-order chi connectivity index (χ1) is 3.68. The molecule has 0 atom stereocenters. The van der Waals surface area contributed by atoms with Crippen LogP contribution in [0.5, 0.6) is 0 Å². The number of rotatable bonds is 2. The molecule has 0 saturated heterocycles. The number of amides is 1. The van der Waals surface area contributed by atoms with Crippen molar-refractivity contribution >= 4 is 6.09 Å². The van der Waals surface area contributed by atoms with Crippen LogP contribution in [0, 0.1) is 6.92 Å². The molecule has 0 unspecified atom stereocenters. The second-order valence-electron chi connectivity index (χ2n) is 1.56. The highest BCUT2D eigenvalue weighted by atomic mass is 16.4. The molecule has 0 heterocycles. The highest BCUT2D eigenvalue weighted by Gasteiger charge is 2.00. The molecule has 0 spiro atoms. The van der Waals surface area contributed by atoms with Crippen molar-refractivity contribution in [2.75, 3.05) is 13.6 Å². The van der Waals surface area contributed by atoms with E-state index >= 15 is 0 Å². The van der Waals surface area contributed by atoms with Crippen LogP contribution in [-0.4, -0.2) is 29.7 Å². The molecule has 0 bridgehead atoms. The summed E-state index contributed by atoms with van der Waals surface area (Å²) in [5.41, 5.74) is 0. The Kier molecular flexibility index (Phi) is 2.99. The average Bonchev–Trinajstić information content (AvgIpc) is 1.67. The molecule has 0 fully saturated rings. The maximum absolute atomic E-state index is 9.99. The third-order valence-electron chi connectivity index (χ3n) is 0.820. The number of carbonyl (C=O) groups is 1. The van der Waals surface area contributed by atoms with Crippen molar-refractivity contribution in [3.05, 3.63) is 6.92 Å². The van der Waals surface area contributed by atoms with E-state index < -0.39 is 6.09 Å². The van der Waals surface area contributed by atoms with E-state index in [2.05, 4.69) is 6.92 Å². The van der Waals surface area contributed by atoms with E-state index in [4.69, 9.17) is 5.11 Å². The summed E-state index contributed by atoms with van der Waals surface area (Å²) in [5, 5.41) is 8.21. The predicted molar refractivity (Wildman–Crippen MR) is 30.6 cm³/mol. The molecule has 0 saturated carbocycles. The zero-order valence-corrected chi connectivity index (χ0v) is 4.92. The van der Waals surface area contributed by atoms with Crippen molar-refractivity contribution in [3.63, 3.8) is 0 Å². The quantitative estimate of drug-likeness (QED) is 0.580. The largest absolute Gasteiger partial charge is 0.465 e. The maximum Gasteiger partial charge on any atom is 0.407 e. The van der Waals surface area contributed by atoms with Crippen molar-refractivity contribution < 1.29 is 9.90 Å². The minimum absolute atomic E-state index is 0.509. The fraction of sp³-hybridized carbons (Fsp3) is 0.600. The molecule has 0 aromatic rings. The zero-order valence-electron chi connectivity index (χ0n) is 4.92. The molecule has 0 aliphatic rings. The fourth-order valence-corrected chi connectivity index (χ4v) is 0.333. The van der Waals surface area contributed by atoms with Gasteiger partial charge in [-0.2, -0.15) is 0 Å². The lowest BCUT2D eigenvalue weighted by Gasteiger charge is -2.09. The molecular weight excluding hydrogens is 106 g/mol. The molecule has 0 aromatic heterocycles. The van der Waals surface area contributed by atoms with Crippen molar-refractivity contribution in [1.29, 1.82) is 0 Å². The number of hydrogen-bond acceptors (Lipinski definition) is 1. The normalized spacial score (nSPS) is 8.75. The minimum atomic E-state index is -0.895. The van der Waals surface area contributed by atoms with Crippen LogP contribution >= 0.6 is 0 Å². The number of hydrogen-bond donors (Lipinski definition) is 1. The maximum atomic E-state index is 9.99. The molecule has 1 radical (unpaired) electrons. The molecule has 0 aliphatic carbocycles. The SMILES string of the molecule is [CH2]CCN(C)C(=O)O. The van der Waals surface area contributed by atoms with Crippen LogP contribution in [-0.2, 0) is 0 Å². The summed E-state index contributed by atoms with van der Waals surface area (Å²) < 4.78 is 0. The highest BCUT2D eigenvalue weighted by molar-refractivity contribution is 5.64. The van der Waals surface area contributed by atoms with Gasteiger partial charge >= 0.3 is 6.09 Å². The highest BCUT2D eigenvalue weighted by Crippen LogP contribution is 1.84. The van der Waals surface area contributed by atoms with E-state index in [-0.39, 0.29) is 0 Å². The molecule has 47 valence electrons. The van der Waals surface area contributed by atoms with Crippen molar-refractivity contribution in [1.82, 2.24) is 4.90 Å². The second-order valence-corrected chi connectivity index (χ2v) is 1.56. The molecule has 8 heavy (non-hydrogen) atoms. The summed E-state index contributed by atoms with van der Waals surface area (Å²) in [7, 11) is 1.52. The van der Waals surface area contributed by atoms with Gasteiger partial charge in [0.25, 0.3) is 0 Å². The van der Waals surface area contributed by atoms with E-state index in [0.29, 0.717) is 13.0 Å². The summed E-state index contributed by atoms with van der Waals surface area (Å²) >= 11 is 0. The Labute approximate surface area is 48.9 Å². The average molecular weight is 116 g/mol. The van der Waals surface area contributed by atoms with E-state index in [1.165, 1.54) is 11.9 Å². The van der Waals surface area contributed by atoms with E-state index in [0.717, 1.165) is 0 Å². The van der Waals surface area contributed by atoms with Crippen molar-refractivity contribution in [2.24, 2.45) is 0 Å². The van der Waals surface area contributed by atoms with Crippen LogP contribution in [0.25, 0.3) is 0 Å². The monoisotopic (exact) mass is 116 g/mol. The van der Waals surface area contributed by atoms with Crippen LogP contribution in [0.15, 0.2) is 0 Å². The number of nitrogens with zero attached hydrogens (tertiary/aromatic N) is 1. The first-order valence-corrected chi connectivity index (χ1v) is 2.41. The molecular formula is C5H10NO2. The first-order valence-electron chi connectivity index (χ1n) is 2.41. The van der Waals surface area contributed by atoms with Crippen molar-refractivity contribution in [3.8, 4) is 0 Å². The molecule has 0 aromatic carbocycles. The third kappa shape index (κ3) is 2.44. The van der Waals surface area contributed by atoms with Gasteiger partial charge in [0.2, 0.25) is 0 Å². The Morgan fingerprint density at radius 1 is 1.88 bits per heavy atom. The van der Waals surface area contributed by atoms with Gasteiger partial charge in [-0.1, -0.05) is 6.92 Å². The molecule has 0 rings (SSSR count). The topological polar surface area (TPSA) is 40.5 Å².